The van der Waals surface area contributed by atoms with E-state index in [0.717, 1.165) is 0 Å². The highest BCUT2D eigenvalue weighted by Gasteiger charge is 2.25. The van der Waals surface area contributed by atoms with E-state index in [4.69, 9.17) is 14.6 Å². The van der Waals surface area contributed by atoms with Crippen LogP contribution >= 0.6 is 0 Å². The molecule has 2 N–H and O–H groups in total. The summed E-state index contributed by atoms with van der Waals surface area (Å²) in [5.41, 5.74) is 1.14. The first-order valence-electron chi connectivity index (χ1n) is 7.83. The standard InChI is InChI=1S/C18H18N2O6/c1-2-25-17(23)15(13-5-7-14(8-6-13)16(21)22)20-18(24)26-11-12-4-3-9-19-10-12/h3-10,15H,2,11H2,1H3,(H,20,24)(H,21,22). The fourth-order valence-electron chi connectivity index (χ4n) is 2.11. The molecule has 0 aliphatic heterocycles. The van der Waals surface area contributed by atoms with Gasteiger partial charge in [-0.05, 0) is 30.7 Å². The molecule has 0 saturated carbocycles. The number of carboxylic acid groups (broad SMARTS) is 1. The molecule has 0 saturated heterocycles. The number of hydrogen-bond acceptors (Lipinski definition) is 6. The van der Waals surface area contributed by atoms with Gasteiger partial charge in [-0.2, -0.15) is 0 Å². The molecule has 0 bridgehead atoms. The predicted octanol–water partition coefficient (Wildman–Crippen LogP) is 2.31. The van der Waals surface area contributed by atoms with Crippen LogP contribution in [0.3, 0.4) is 0 Å². The van der Waals surface area contributed by atoms with E-state index in [1.54, 1.807) is 31.5 Å². The Morgan fingerprint density at radius 2 is 1.88 bits per heavy atom. The second kappa shape index (κ2) is 9.16. The molecule has 0 fully saturated rings. The first kappa shape index (κ1) is 18.9. The first-order chi connectivity index (χ1) is 12.5. The SMILES string of the molecule is CCOC(=O)C(NC(=O)OCc1cccnc1)c1ccc(C(=O)O)cc1. The van der Waals surface area contributed by atoms with Crippen molar-refractivity contribution < 1.29 is 29.0 Å². The van der Waals surface area contributed by atoms with E-state index in [2.05, 4.69) is 10.3 Å². The van der Waals surface area contributed by atoms with Crippen molar-refractivity contribution in [1.82, 2.24) is 10.3 Å². The molecular weight excluding hydrogens is 340 g/mol. The molecule has 0 aliphatic carbocycles. The molecule has 0 aliphatic rings. The number of hydrogen-bond donors (Lipinski definition) is 2. The molecule has 2 aromatic rings. The third-order valence-electron chi connectivity index (χ3n) is 3.37. The van der Waals surface area contributed by atoms with Crippen LogP contribution in [0.5, 0.6) is 0 Å². The number of nitrogens with one attached hydrogen (secondary N) is 1. The van der Waals surface area contributed by atoms with Crippen molar-refractivity contribution in [3.8, 4) is 0 Å². The van der Waals surface area contributed by atoms with Crippen LogP contribution < -0.4 is 5.32 Å². The summed E-state index contributed by atoms with van der Waals surface area (Å²) in [5.74, 6) is -1.76. The molecule has 1 amide bonds. The summed E-state index contributed by atoms with van der Waals surface area (Å²) in [5, 5.41) is 11.4. The molecule has 0 radical (unpaired) electrons. The van der Waals surface area contributed by atoms with Crippen molar-refractivity contribution >= 4 is 18.0 Å². The molecule has 1 atom stereocenters. The number of carboxylic acids is 1. The molecule has 0 spiro atoms. The quantitative estimate of drug-likeness (QED) is 0.730. The molecule has 1 heterocycles. The van der Waals surface area contributed by atoms with Gasteiger partial charge in [-0.15, -0.1) is 0 Å². The number of alkyl carbamates (subject to hydrolysis) is 1. The Balaban J connectivity index is 2.07. The van der Waals surface area contributed by atoms with Gasteiger partial charge in [0.15, 0.2) is 6.04 Å². The number of amides is 1. The monoisotopic (exact) mass is 358 g/mol. The number of rotatable bonds is 7. The minimum atomic E-state index is -1.11. The van der Waals surface area contributed by atoms with E-state index in [1.165, 1.54) is 24.3 Å². The lowest BCUT2D eigenvalue weighted by Crippen LogP contribution is -2.35. The van der Waals surface area contributed by atoms with Crippen molar-refractivity contribution in [2.45, 2.75) is 19.6 Å². The number of aromatic carboxylic acids is 1. The van der Waals surface area contributed by atoms with Gasteiger partial charge in [-0.1, -0.05) is 18.2 Å². The van der Waals surface area contributed by atoms with Gasteiger partial charge in [-0.3, -0.25) is 4.98 Å². The lowest BCUT2D eigenvalue weighted by atomic mass is 10.0. The normalized spacial score (nSPS) is 11.3. The molecule has 2 rings (SSSR count). The molecular formula is C18H18N2O6. The van der Waals surface area contributed by atoms with Crippen LogP contribution in [0.2, 0.25) is 0 Å². The Hall–Kier alpha value is -3.42. The first-order valence-corrected chi connectivity index (χ1v) is 7.83. The van der Waals surface area contributed by atoms with E-state index in [-0.39, 0.29) is 18.8 Å². The van der Waals surface area contributed by atoms with Gasteiger partial charge in [0.1, 0.15) is 6.61 Å². The largest absolute Gasteiger partial charge is 0.478 e. The summed E-state index contributed by atoms with van der Waals surface area (Å²) in [6.07, 6.45) is 2.34. The average molecular weight is 358 g/mol. The number of carbonyl (C=O) groups is 3. The van der Waals surface area contributed by atoms with Crippen molar-refractivity contribution in [2.24, 2.45) is 0 Å². The summed E-state index contributed by atoms with van der Waals surface area (Å²) in [6, 6.07) is 7.90. The average Bonchev–Trinajstić information content (AvgIpc) is 2.65. The number of pyridine rings is 1. The molecule has 26 heavy (non-hydrogen) atoms. The molecule has 8 nitrogen and oxygen atoms in total. The Kier molecular flexibility index (Phi) is 6.67. The highest BCUT2D eigenvalue weighted by molar-refractivity contribution is 5.88. The summed E-state index contributed by atoms with van der Waals surface area (Å²) in [6.45, 7) is 1.77. The van der Waals surface area contributed by atoms with Crippen LogP contribution in [0, 0.1) is 0 Å². The second-order valence-corrected chi connectivity index (χ2v) is 5.19. The highest BCUT2D eigenvalue weighted by atomic mass is 16.6. The molecule has 1 aromatic carbocycles. The third kappa shape index (κ3) is 5.30. The number of aromatic nitrogens is 1. The summed E-state index contributed by atoms with van der Waals surface area (Å²) < 4.78 is 10.0. The van der Waals surface area contributed by atoms with Gasteiger partial charge in [0.05, 0.1) is 12.2 Å². The molecule has 1 aromatic heterocycles. The minimum Gasteiger partial charge on any atom is -0.478 e. The summed E-state index contributed by atoms with van der Waals surface area (Å²) in [4.78, 5) is 39.0. The van der Waals surface area contributed by atoms with Crippen LogP contribution in [0.15, 0.2) is 48.8 Å². The maximum Gasteiger partial charge on any atom is 0.408 e. The molecule has 136 valence electrons. The number of esters is 1. The zero-order chi connectivity index (χ0) is 18.9. The van der Waals surface area contributed by atoms with Gasteiger partial charge in [-0.25, -0.2) is 14.4 Å². The zero-order valence-corrected chi connectivity index (χ0v) is 14.0. The number of benzene rings is 1. The van der Waals surface area contributed by atoms with E-state index in [9.17, 15) is 14.4 Å². The van der Waals surface area contributed by atoms with Gasteiger partial charge >= 0.3 is 18.0 Å². The van der Waals surface area contributed by atoms with Crippen molar-refractivity contribution in [1.29, 1.82) is 0 Å². The fourth-order valence-corrected chi connectivity index (χ4v) is 2.11. The number of nitrogens with zero attached hydrogens (tertiary/aromatic N) is 1. The molecule has 8 heteroatoms. The van der Waals surface area contributed by atoms with E-state index >= 15 is 0 Å². The fraction of sp³-hybridized carbons (Fsp3) is 0.222. The third-order valence-corrected chi connectivity index (χ3v) is 3.37. The highest BCUT2D eigenvalue weighted by Crippen LogP contribution is 2.16. The Morgan fingerprint density at radius 3 is 2.46 bits per heavy atom. The Labute approximate surface area is 149 Å². The van der Waals surface area contributed by atoms with Crippen molar-refractivity contribution in [3.63, 3.8) is 0 Å². The van der Waals surface area contributed by atoms with Crippen LogP contribution in [0.25, 0.3) is 0 Å². The van der Waals surface area contributed by atoms with Crippen LogP contribution in [-0.4, -0.2) is 34.7 Å². The Bertz CT molecular complexity index is 761. The van der Waals surface area contributed by atoms with Gasteiger partial charge in [0.2, 0.25) is 0 Å². The van der Waals surface area contributed by atoms with Crippen molar-refractivity contribution in [3.05, 3.63) is 65.5 Å². The molecule has 1 unspecified atom stereocenters. The van der Waals surface area contributed by atoms with Crippen LogP contribution in [-0.2, 0) is 20.9 Å². The smallest absolute Gasteiger partial charge is 0.408 e. The minimum absolute atomic E-state index is 0.00678. The van der Waals surface area contributed by atoms with Gasteiger partial charge in [0, 0.05) is 18.0 Å². The van der Waals surface area contributed by atoms with E-state index < -0.39 is 24.1 Å². The van der Waals surface area contributed by atoms with E-state index in [1.807, 2.05) is 0 Å². The second-order valence-electron chi connectivity index (χ2n) is 5.19. The zero-order valence-electron chi connectivity index (χ0n) is 14.0. The van der Waals surface area contributed by atoms with Gasteiger partial charge < -0.3 is 19.9 Å². The summed E-state index contributed by atoms with van der Waals surface area (Å²) >= 11 is 0. The predicted molar refractivity (Wildman–Crippen MR) is 90.3 cm³/mol. The topological polar surface area (TPSA) is 115 Å². The summed E-state index contributed by atoms with van der Waals surface area (Å²) in [7, 11) is 0. The van der Waals surface area contributed by atoms with Crippen LogP contribution in [0.4, 0.5) is 4.79 Å². The Morgan fingerprint density at radius 1 is 1.15 bits per heavy atom. The lowest BCUT2D eigenvalue weighted by molar-refractivity contribution is -0.145. The number of ether oxygens (including phenoxy) is 2. The van der Waals surface area contributed by atoms with Crippen molar-refractivity contribution in [2.75, 3.05) is 6.61 Å². The number of carbonyl (C=O) groups excluding carboxylic acids is 2. The van der Waals surface area contributed by atoms with Crippen LogP contribution in [0.1, 0.15) is 34.5 Å². The maximum absolute atomic E-state index is 12.2. The lowest BCUT2D eigenvalue weighted by Gasteiger charge is -2.17. The van der Waals surface area contributed by atoms with E-state index in [0.29, 0.717) is 11.1 Å². The maximum atomic E-state index is 12.2. The van der Waals surface area contributed by atoms with Gasteiger partial charge in [0.25, 0.3) is 0 Å².